The molecule has 1 aliphatic heterocycles. The van der Waals surface area contributed by atoms with Crippen LogP contribution in [0.1, 0.15) is 29.9 Å². The van der Waals surface area contributed by atoms with E-state index in [1.165, 1.54) is 12.8 Å². The Morgan fingerprint density at radius 1 is 1.07 bits per heavy atom. The molecule has 1 saturated carbocycles. The van der Waals surface area contributed by atoms with Crippen LogP contribution in [0.2, 0.25) is 0 Å². The van der Waals surface area contributed by atoms with E-state index >= 15 is 0 Å². The summed E-state index contributed by atoms with van der Waals surface area (Å²) in [6.45, 7) is 5.83. The number of ether oxygens (including phenoxy) is 1. The molecular weight excluding hydrogens is 340 g/mol. The first-order valence-electron chi connectivity index (χ1n) is 9.86. The molecular formula is C22H28N2O3. The lowest BCUT2D eigenvalue weighted by molar-refractivity contribution is -0.132. The van der Waals surface area contributed by atoms with E-state index in [0.717, 1.165) is 30.2 Å². The Balaban J connectivity index is 1.45. The first kappa shape index (κ1) is 18.3. The zero-order chi connectivity index (χ0) is 18.6. The number of rotatable bonds is 7. The van der Waals surface area contributed by atoms with Gasteiger partial charge in [0.25, 0.3) is 0 Å². The molecule has 1 aromatic heterocycles. The number of hydrogen-bond acceptors (Lipinski definition) is 4. The van der Waals surface area contributed by atoms with Crippen LogP contribution in [-0.4, -0.2) is 48.1 Å². The molecule has 1 amide bonds. The van der Waals surface area contributed by atoms with E-state index < -0.39 is 0 Å². The molecule has 1 aromatic carbocycles. The summed E-state index contributed by atoms with van der Waals surface area (Å²) >= 11 is 0. The van der Waals surface area contributed by atoms with E-state index in [4.69, 9.17) is 9.15 Å². The van der Waals surface area contributed by atoms with E-state index in [0.29, 0.717) is 32.1 Å². The number of hydrogen-bond donors (Lipinski definition) is 0. The molecule has 1 aliphatic carbocycles. The first-order chi connectivity index (χ1) is 13.2. The molecule has 1 saturated heterocycles. The summed E-state index contributed by atoms with van der Waals surface area (Å²) in [5.74, 6) is 2.67. The molecule has 144 valence electrons. The quantitative estimate of drug-likeness (QED) is 0.753. The molecule has 4 rings (SSSR count). The Morgan fingerprint density at radius 2 is 1.89 bits per heavy atom. The lowest BCUT2D eigenvalue weighted by Gasteiger charge is -2.25. The molecule has 5 nitrogen and oxygen atoms in total. The second kappa shape index (κ2) is 8.28. The van der Waals surface area contributed by atoms with Gasteiger partial charge in [-0.3, -0.25) is 9.69 Å². The van der Waals surface area contributed by atoms with Crippen molar-refractivity contribution in [3.63, 3.8) is 0 Å². The molecule has 27 heavy (non-hydrogen) atoms. The average molecular weight is 368 g/mol. The summed E-state index contributed by atoms with van der Waals surface area (Å²) in [5.41, 5.74) is 1.15. The van der Waals surface area contributed by atoms with Crippen LogP contribution in [0.5, 0.6) is 0 Å². The minimum atomic E-state index is 0.0387. The van der Waals surface area contributed by atoms with Gasteiger partial charge < -0.3 is 14.1 Å². The van der Waals surface area contributed by atoms with Crippen LogP contribution < -0.4 is 0 Å². The van der Waals surface area contributed by atoms with Crippen LogP contribution in [0.4, 0.5) is 0 Å². The highest BCUT2D eigenvalue weighted by atomic mass is 16.5. The fourth-order valence-electron chi connectivity index (χ4n) is 3.58. The topological polar surface area (TPSA) is 45.9 Å². The van der Waals surface area contributed by atoms with Gasteiger partial charge in [0.1, 0.15) is 11.5 Å². The van der Waals surface area contributed by atoms with Crippen LogP contribution in [-0.2, 0) is 22.6 Å². The Morgan fingerprint density at radius 3 is 2.59 bits per heavy atom. The van der Waals surface area contributed by atoms with Gasteiger partial charge in [0, 0.05) is 26.2 Å². The van der Waals surface area contributed by atoms with Crippen molar-refractivity contribution in [1.82, 2.24) is 9.80 Å². The molecule has 2 aliphatic rings. The molecule has 0 radical (unpaired) electrons. The van der Waals surface area contributed by atoms with Crippen molar-refractivity contribution < 1.29 is 13.9 Å². The van der Waals surface area contributed by atoms with Crippen molar-refractivity contribution in [2.24, 2.45) is 5.92 Å². The highest BCUT2D eigenvalue weighted by molar-refractivity contribution is 5.78. The third-order valence-corrected chi connectivity index (χ3v) is 5.25. The molecule has 5 heteroatoms. The SMILES string of the molecule is Cc1ccc(CN2CC(=O)N(Cc3ccccc3)C[C@H](OCC3CC3)C2)o1. The lowest BCUT2D eigenvalue weighted by atomic mass is 10.2. The zero-order valence-electron chi connectivity index (χ0n) is 16.0. The number of nitrogens with zero attached hydrogens (tertiary/aromatic N) is 2. The second-order valence-corrected chi connectivity index (χ2v) is 7.84. The van der Waals surface area contributed by atoms with Gasteiger partial charge in [-0.15, -0.1) is 0 Å². The van der Waals surface area contributed by atoms with Crippen LogP contribution in [0.25, 0.3) is 0 Å². The third kappa shape index (κ3) is 5.21. The van der Waals surface area contributed by atoms with Crippen molar-refractivity contribution in [3.8, 4) is 0 Å². The molecule has 0 unspecified atom stereocenters. The van der Waals surface area contributed by atoms with Gasteiger partial charge >= 0.3 is 0 Å². The van der Waals surface area contributed by atoms with E-state index in [1.807, 2.05) is 42.2 Å². The fraction of sp³-hybridized carbons (Fsp3) is 0.500. The first-order valence-corrected chi connectivity index (χ1v) is 9.86. The van der Waals surface area contributed by atoms with Crippen LogP contribution >= 0.6 is 0 Å². The summed E-state index contributed by atoms with van der Waals surface area (Å²) < 4.78 is 11.9. The average Bonchev–Trinajstić information content (AvgIpc) is 3.42. The minimum absolute atomic E-state index is 0.0387. The Labute approximate surface area is 160 Å². The van der Waals surface area contributed by atoms with Crippen molar-refractivity contribution in [2.75, 3.05) is 26.2 Å². The summed E-state index contributed by atoms with van der Waals surface area (Å²) in [7, 11) is 0. The molecule has 2 aromatic rings. The molecule has 2 fully saturated rings. The predicted molar refractivity (Wildman–Crippen MR) is 103 cm³/mol. The largest absolute Gasteiger partial charge is 0.465 e. The smallest absolute Gasteiger partial charge is 0.237 e. The van der Waals surface area contributed by atoms with Gasteiger partial charge in [0.2, 0.25) is 5.91 Å². The van der Waals surface area contributed by atoms with Gasteiger partial charge in [-0.1, -0.05) is 30.3 Å². The van der Waals surface area contributed by atoms with E-state index in [2.05, 4.69) is 17.0 Å². The normalized spacial score (nSPS) is 21.4. The monoisotopic (exact) mass is 368 g/mol. The Bertz CT molecular complexity index is 754. The van der Waals surface area contributed by atoms with Gasteiger partial charge in [0.15, 0.2) is 0 Å². The molecule has 0 spiro atoms. The maximum atomic E-state index is 12.9. The van der Waals surface area contributed by atoms with Gasteiger partial charge in [-0.05, 0) is 43.4 Å². The maximum absolute atomic E-state index is 12.9. The second-order valence-electron chi connectivity index (χ2n) is 7.84. The summed E-state index contributed by atoms with van der Waals surface area (Å²) in [5, 5.41) is 0. The molecule has 2 heterocycles. The third-order valence-electron chi connectivity index (χ3n) is 5.25. The van der Waals surface area contributed by atoms with Gasteiger partial charge in [-0.25, -0.2) is 0 Å². The number of amides is 1. The molecule has 0 N–H and O–H groups in total. The summed E-state index contributed by atoms with van der Waals surface area (Å²) in [4.78, 5) is 17.0. The van der Waals surface area contributed by atoms with Crippen molar-refractivity contribution in [2.45, 2.75) is 39.0 Å². The highest BCUT2D eigenvalue weighted by Gasteiger charge is 2.30. The minimum Gasteiger partial charge on any atom is -0.465 e. The van der Waals surface area contributed by atoms with E-state index in [-0.39, 0.29) is 12.0 Å². The van der Waals surface area contributed by atoms with E-state index in [1.54, 1.807) is 0 Å². The van der Waals surface area contributed by atoms with Crippen LogP contribution in [0.3, 0.4) is 0 Å². The number of carbonyl (C=O) groups excluding carboxylic acids is 1. The van der Waals surface area contributed by atoms with Crippen molar-refractivity contribution in [3.05, 3.63) is 59.5 Å². The standard InChI is InChI=1S/C22H28N2O3/c1-17-7-10-20(27-17)12-23-13-21(26-16-19-8-9-19)14-24(22(25)15-23)11-18-5-3-2-4-6-18/h2-7,10,19,21H,8-9,11-16H2,1H3/t21-/m1/s1. The van der Waals surface area contributed by atoms with Gasteiger partial charge in [-0.2, -0.15) is 0 Å². The summed E-state index contributed by atoms with van der Waals surface area (Å²) in [6.07, 6.45) is 2.58. The molecule has 1 atom stereocenters. The van der Waals surface area contributed by atoms with Gasteiger partial charge in [0.05, 0.1) is 19.2 Å². The van der Waals surface area contributed by atoms with E-state index in [9.17, 15) is 4.79 Å². The highest BCUT2D eigenvalue weighted by Crippen LogP contribution is 2.29. The fourth-order valence-corrected chi connectivity index (χ4v) is 3.58. The van der Waals surface area contributed by atoms with Crippen LogP contribution in [0, 0.1) is 12.8 Å². The number of benzene rings is 1. The number of carbonyl (C=O) groups is 1. The predicted octanol–water partition coefficient (Wildman–Crippen LogP) is 3.23. The maximum Gasteiger partial charge on any atom is 0.237 e. The molecule has 0 bridgehead atoms. The Kier molecular flexibility index (Phi) is 5.60. The Hall–Kier alpha value is -2.11. The lowest BCUT2D eigenvalue weighted by Crippen LogP contribution is -2.37. The number of aryl methyl sites for hydroxylation is 1. The zero-order valence-corrected chi connectivity index (χ0v) is 16.0. The number of furan rings is 1. The summed E-state index contributed by atoms with van der Waals surface area (Å²) in [6, 6.07) is 14.1. The van der Waals surface area contributed by atoms with Crippen molar-refractivity contribution in [1.29, 1.82) is 0 Å². The van der Waals surface area contributed by atoms with Crippen LogP contribution in [0.15, 0.2) is 46.9 Å². The van der Waals surface area contributed by atoms with Crippen molar-refractivity contribution >= 4 is 5.91 Å².